The molecule has 0 N–H and O–H groups in total. The first-order valence-corrected chi connectivity index (χ1v) is 6.98. The minimum atomic E-state index is -0.470. The van der Waals surface area contributed by atoms with Gasteiger partial charge in [0.25, 0.3) is 0 Å². The zero-order chi connectivity index (χ0) is 16.1. The summed E-state index contributed by atoms with van der Waals surface area (Å²) in [6.07, 6.45) is 3.18. The lowest BCUT2D eigenvalue weighted by Crippen LogP contribution is -2.06. The molecule has 0 saturated heterocycles. The maximum absolute atomic E-state index is 12.8. The Labute approximate surface area is 132 Å². The van der Waals surface area contributed by atoms with Gasteiger partial charge in [0.1, 0.15) is 5.82 Å². The predicted octanol–water partition coefficient (Wildman–Crippen LogP) is 3.58. The van der Waals surface area contributed by atoms with Crippen molar-refractivity contribution in [3.05, 3.63) is 77.9 Å². The van der Waals surface area contributed by atoms with Gasteiger partial charge in [-0.15, -0.1) is 0 Å². The van der Waals surface area contributed by atoms with E-state index in [9.17, 15) is 9.18 Å². The highest BCUT2D eigenvalue weighted by Crippen LogP contribution is 2.17. The number of carbonyl (C=O) groups excluding carboxylic acids is 1. The molecule has 2 aromatic carbocycles. The summed E-state index contributed by atoms with van der Waals surface area (Å²) in [5.41, 5.74) is 1.07. The molecule has 0 spiro atoms. The molecule has 23 heavy (non-hydrogen) atoms. The first-order chi connectivity index (χ1) is 11.2. The molecule has 0 fully saturated rings. The van der Waals surface area contributed by atoms with Crippen molar-refractivity contribution in [2.45, 2.75) is 0 Å². The smallest absolute Gasteiger partial charge is 0.341 e. The van der Waals surface area contributed by atoms with Gasteiger partial charge in [-0.3, -0.25) is 4.98 Å². The van der Waals surface area contributed by atoms with Crippen molar-refractivity contribution in [3.63, 3.8) is 0 Å². The normalized spacial score (nSPS) is 9.96. The molecule has 0 atom stereocenters. The van der Waals surface area contributed by atoms with Gasteiger partial charge in [0, 0.05) is 23.3 Å². The van der Waals surface area contributed by atoms with Crippen LogP contribution in [-0.4, -0.2) is 17.6 Å². The third-order valence-electron chi connectivity index (χ3n) is 3.24. The van der Waals surface area contributed by atoms with Gasteiger partial charge in [-0.25, -0.2) is 9.18 Å². The van der Waals surface area contributed by atoms with Crippen molar-refractivity contribution in [1.29, 1.82) is 0 Å². The summed E-state index contributed by atoms with van der Waals surface area (Å²) in [4.78, 5) is 16.2. The number of benzene rings is 2. The van der Waals surface area contributed by atoms with Crippen LogP contribution in [-0.2, 0) is 4.74 Å². The lowest BCUT2D eigenvalue weighted by molar-refractivity contribution is 0.0558. The van der Waals surface area contributed by atoms with Crippen LogP contribution in [0.15, 0.2) is 60.9 Å². The van der Waals surface area contributed by atoms with Gasteiger partial charge < -0.3 is 4.74 Å². The molecule has 0 aliphatic rings. The first kappa shape index (κ1) is 14.7. The van der Waals surface area contributed by atoms with Crippen molar-refractivity contribution in [3.8, 4) is 11.8 Å². The van der Waals surface area contributed by atoms with Crippen LogP contribution in [0.4, 0.5) is 4.39 Å². The van der Waals surface area contributed by atoms with Gasteiger partial charge in [-0.2, -0.15) is 0 Å². The fraction of sp³-hybridized carbons (Fsp3) is 0.0526. The molecular formula is C19H12FNO2. The monoisotopic (exact) mass is 305 g/mol. The highest BCUT2D eigenvalue weighted by Gasteiger charge is 2.10. The average molecular weight is 305 g/mol. The summed E-state index contributed by atoms with van der Waals surface area (Å²) < 4.78 is 17.9. The Balaban J connectivity index is 1.69. The number of rotatable bonds is 2. The van der Waals surface area contributed by atoms with E-state index in [1.54, 1.807) is 18.3 Å². The maximum Gasteiger partial charge on any atom is 0.341 e. The van der Waals surface area contributed by atoms with Crippen molar-refractivity contribution in [2.75, 3.05) is 6.61 Å². The molecule has 0 radical (unpaired) electrons. The molecule has 0 aliphatic heterocycles. The number of hydrogen-bond donors (Lipinski definition) is 0. The number of nitrogens with zero attached hydrogens (tertiary/aromatic N) is 1. The molecule has 4 heteroatoms. The molecule has 3 rings (SSSR count). The van der Waals surface area contributed by atoms with E-state index in [0.717, 1.165) is 10.8 Å². The van der Waals surface area contributed by atoms with Gasteiger partial charge in [0.15, 0.2) is 6.61 Å². The van der Waals surface area contributed by atoms with Gasteiger partial charge in [-0.05, 0) is 29.7 Å². The zero-order valence-electron chi connectivity index (χ0n) is 12.1. The number of ether oxygens (including phenoxy) is 1. The number of esters is 1. The SMILES string of the molecule is O=C(OCC#Cc1ccc(F)cc1)c1cncc2ccccc12. The summed E-state index contributed by atoms with van der Waals surface area (Å²) in [5, 5.41) is 1.67. The minimum Gasteiger partial charge on any atom is -0.449 e. The molecule has 0 saturated carbocycles. The standard InChI is InChI=1S/C19H12FNO2/c20-16-9-7-14(8-10-16)4-3-11-23-19(22)18-13-21-12-15-5-1-2-6-17(15)18/h1-2,5-10,12-13H,11H2. The van der Waals surface area contributed by atoms with E-state index in [2.05, 4.69) is 16.8 Å². The number of hydrogen-bond acceptors (Lipinski definition) is 3. The number of halogens is 1. The van der Waals surface area contributed by atoms with Crippen LogP contribution in [0.1, 0.15) is 15.9 Å². The molecule has 0 unspecified atom stereocenters. The van der Waals surface area contributed by atoms with Crippen LogP contribution in [0.5, 0.6) is 0 Å². The topological polar surface area (TPSA) is 39.2 Å². The van der Waals surface area contributed by atoms with Gasteiger partial charge >= 0.3 is 5.97 Å². The van der Waals surface area contributed by atoms with Gasteiger partial charge in [0.2, 0.25) is 0 Å². The van der Waals surface area contributed by atoms with Crippen LogP contribution in [0.25, 0.3) is 10.8 Å². The molecule has 1 aromatic heterocycles. The molecule has 0 amide bonds. The Bertz CT molecular complexity index is 903. The minimum absolute atomic E-state index is 0.0422. The van der Waals surface area contributed by atoms with E-state index in [1.807, 2.05) is 24.3 Å². The second-order valence-electron chi connectivity index (χ2n) is 4.79. The number of aromatic nitrogens is 1. The molecule has 1 heterocycles. The molecule has 0 bridgehead atoms. The van der Waals surface area contributed by atoms with Gasteiger partial charge in [-0.1, -0.05) is 36.1 Å². The van der Waals surface area contributed by atoms with Crippen LogP contribution >= 0.6 is 0 Å². The second kappa shape index (κ2) is 6.71. The summed E-state index contributed by atoms with van der Waals surface area (Å²) in [6, 6.07) is 13.3. The lowest BCUT2D eigenvalue weighted by Gasteiger charge is -2.04. The average Bonchev–Trinajstić information content (AvgIpc) is 2.59. The quantitative estimate of drug-likeness (QED) is 0.536. The van der Waals surface area contributed by atoms with Crippen molar-refractivity contribution in [2.24, 2.45) is 0 Å². The molecule has 3 nitrogen and oxygen atoms in total. The third-order valence-corrected chi connectivity index (χ3v) is 3.24. The van der Waals surface area contributed by atoms with Crippen LogP contribution in [0.3, 0.4) is 0 Å². The van der Waals surface area contributed by atoms with Crippen LogP contribution in [0, 0.1) is 17.7 Å². The van der Waals surface area contributed by atoms with E-state index >= 15 is 0 Å². The molecule has 3 aromatic rings. The highest BCUT2D eigenvalue weighted by atomic mass is 19.1. The van der Waals surface area contributed by atoms with Crippen LogP contribution in [0.2, 0.25) is 0 Å². The third kappa shape index (κ3) is 3.53. The highest BCUT2D eigenvalue weighted by molar-refractivity contribution is 6.03. The largest absolute Gasteiger partial charge is 0.449 e. The van der Waals surface area contributed by atoms with E-state index in [1.165, 1.54) is 18.3 Å². The Kier molecular flexibility index (Phi) is 4.30. The van der Waals surface area contributed by atoms with E-state index < -0.39 is 5.97 Å². The molecular weight excluding hydrogens is 293 g/mol. The van der Waals surface area contributed by atoms with E-state index in [4.69, 9.17) is 4.74 Å². The number of pyridine rings is 1. The van der Waals surface area contributed by atoms with Crippen molar-refractivity contribution >= 4 is 16.7 Å². The fourth-order valence-electron chi connectivity index (χ4n) is 2.13. The fourth-order valence-corrected chi connectivity index (χ4v) is 2.13. The Morgan fingerprint density at radius 2 is 1.87 bits per heavy atom. The predicted molar refractivity (Wildman–Crippen MR) is 85.3 cm³/mol. The summed E-state index contributed by atoms with van der Waals surface area (Å²) in [5.74, 6) is 4.76. The summed E-state index contributed by atoms with van der Waals surface area (Å²) in [7, 11) is 0. The Morgan fingerprint density at radius 3 is 2.70 bits per heavy atom. The van der Waals surface area contributed by atoms with Crippen molar-refractivity contribution in [1.82, 2.24) is 4.98 Å². The Hall–Kier alpha value is -3.19. The molecule has 112 valence electrons. The van der Waals surface area contributed by atoms with Crippen molar-refractivity contribution < 1.29 is 13.9 Å². The van der Waals surface area contributed by atoms with Crippen LogP contribution < -0.4 is 0 Å². The first-order valence-electron chi connectivity index (χ1n) is 6.98. The number of fused-ring (bicyclic) bond motifs is 1. The van der Waals surface area contributed by atoms with Gasteiger partial charge in [0.05, 0.1) is 5.56 Å². The summed E-state index contributed by atoms with van der Waals surface area (Å²) >= 11 is 0. The lowest BCUT2D eigenvalue weighted by atomic mass is 10.1. The number of carbonyl (C=O) groups is 1. The molecule has 0 aliphatic carbocycles. The zero-order valence-corrected chi connectivity index (χ0v) is 12.1. The summed E-state index contributed by atoms with van der Waals surface area (Å²) in [6.45, 7) is -0.0422. The Morgan fingerprint density at radius 1 is 1.09 bits per heavy atom. The van der Waals surface area contributed by atoms with E-state index in [-0.39, 0.29) is 12.4 Å². The second-order valence-corrected chi connectivity index (χ2v) is 4.79. The van der Waals surface area contributed by atoms with E-state index in [0.29, 0.717) is 11.1 Å². The maximum atomic E-state index is 12.8.